The molecule has 1 amide bonds. The minimum atomic E-state index is 0.0140. The van der Waals surface area contributed by atoms with Crippen LogP contribution >= 0.6 is 15.9 Å². The van der Waals surface area contributed by atoms with E-state index in [1.807, 2.05) is 31.2 Å². The Kier molecular flexibility index (Phi) is 7.97. The zero-order valence-corrected chi connectivity index (χ0v) is 14.8. The van der Waals surface area contributed by atoms with Crippen molar-refractivity contribution in [3.05, 3.63) is 34.3 Å². The van der Waals surface area contributed by atoms with Crippen LogP contribution in [0.1, 0.15) is 51.6 Å². The van der Waals surface area contributed by atoms with Gasteiger partial charge in [-0.15, -0.1) is 0 Å². The second kappa shape index (κ2) is 9.21. The summed E-state index contributed by atoms with van der Waals surface area (Å²) in [6, 6.07) is 8.00. The van der Waals surface area contributed by atoms with Gasteiger partial charge in [-0.25, -0.2) is 0 Å². The molecule has 2 atom stereocenters. The first-order valence-electron chi connectivity index (χ1n) is 7.69. The Morgan fingerprint density at radius 2 is 1.90 bits per heavy atom. The van der Waals surface area contributed by atoms with Crippen LogP contribution in [0.25, 0.3) is 0 Å². The summed E-state index contributed by atoms with van der Waals surface area (Å²) in [7, 11) is 0. The van der Waals surface area contributed by atoms with Crippen LogP contribution in [0.15, 0.2) is 28.7 Å². The molecule has 0 fully saturated rings. The van der Waals surface area contributed by atoms with Crippen molar-refractivity contribution in [3.8, 4) is 0 Å². The van der Waals surface area contributed by atoms with E-state index in [0.29, 0.717) is 24.8 Å². The molecule has 0 aliphatic heterocycles. The molecule has 0 heterocycles. The summed E-state index contributed by atoms with van der Waals surface area (Å²) >= 11 is 3.52. The van der Waals surface area contributed by atoms with E-state index >= 15 is 0 Å². The van der Waals surface area contributed by atoms with E-state index in [0.717, 1.165) is 22.9 Å². The molecule has 0 radical (unpaired) electrons. The van der Waals surface area contributed by atoms with Gasteiger partial charge in [-0.3, -0.25) is 4.79 Å². The average Bonchev–Trinajstić information content (AvgIpc) is 2.43. The number of rotatable bonds is 8. The van der Waals surface area contributed by atoms with Gasteiger partial charge >= 0.3 is 0 Å². The van der Waals surface area contributed by atoms with Gasteiger partial charge in [0.2, 0.25) is 5.91 Å². The fraction of sp³-hybridized carbons (Fsp3) is 0.588. The molecule has 21 heavy (non-hydrogen) atoms. The molecule has 0 aliphatic carbocycles. The van der Waals surface area contributed by atoms with Crippen LogP contribution in [-0.2, 0) is 4.79 Å². The summed E-state index contributed by atoms with van der Waals surface area (Å²) in [5.41, 5.74) is 6.75. The normalized spacial score (nSPS) is 14.0. The third kappa shape index (κ3) is 6.18. The molecule has 118 valence electrons. The number of hydrogen-bond donors (Lipinski definition) is 2. The first-order valence-corrected chi connectivity index (χ1v) is 8.48. The van der Waals surface area contributed by atoms with Crippen LogP contribution in [0.2, 0.25) is 0 Å². The predicted octanol–water partition coefficient (Wildman–Crippen LogP) is 4.03. The molecule has 2 unspecified atom stereocenters. The Bertz CT molecular complexity index is 448. The van der Waals surface area contributed by atoms with Crippen LogP contribution in [0.5, 0.6) is 0 Å². The Labute approximate surface area is 136 Å². The number of amides is 1. The lowest BCUT2D eigenvalue weighted by Crippen LogP contribution is -2.27. The molecule has 3 N–H and O–H groups in total. The summed E-state index contributed by atoms with van der Waals surface area (Å²) in [5.74, 6) is 1.21. The molecule has 0 bridgehead atoms. The summed E-state index contributed by atoms with van der Waals surface area (Å²) < 4.78 is 1.03. The molecule has 0 spiro atoms. The first kappa shape index (κ1) is 18.2. The quantitative estimate of drug-likeness (QED) is 0.740. The van der Waals surface area contributed by atoms with Crippen molar-refractivity contribution >= 4 is 21.8 Å². The van der Waals surface area contributed by atoms with E-state index in [1.165, 1.54) is 0 Å². The van der Waals surface area contributed by atoms with Gasteiger partial charge in [0.05, 0.1) is 6.04 Å². The van der Waals surface area contributed by atoms with Crippen LogP contribution in [-0.4, -0.2) is 12.5 Å². The Hall–Kier alpha value is -0.870. The average molecular weight is 355 g/mol. The van der Waals surface area contributed by atoms with Gasteiger partial charge in [0.1, 0.15) is 0 Å². The maximum absolute atomic E-state index is 12.1. The summed E-state index contributed by atoms with van der Waals surface area (Å²) in [4.78, 5) is 12.1. The lowest BCUT2D eigenvalue weighted by atomic mass is 9.88. The number of halogens is 1. The molecular weight excluding hydrogens is 328 g/mol. The SMILES string of the molecule is CC(NC(=O)CCC(CCN)C(C)C)c1ccccc1Br. The van der Waals surface area contributed by atoms with Crippen molar-refractivity contribution in [2.24, 2.45) is 17.6 Å². The van der Waals surface area contributed by atoms with Gasteiger partial charge in [0.15, 0.2) is 0 Å². The fourth-order valence-electron chi connectivity index (χ4n) is 2.56. The van der Waals surface area contributed by atoms with Crippen LogP contribution in [0.3, 0.4) is 0 Å². The van der Waals surface area contributed by atoms with Gasteiger partial charge in [0.25, 0.3) is 0 Å². The third-order valence-corrected chi connectivity index (χ3v) is 4.69. The molecule has 1 aromatic rings. The highest BCUT2D eigenvalue weighted by molar-refractivity contribution is 9.10. The predicted molar refractivity (Wildman–Crippen MR) is 91.9 cm³/mol. The van der Waals surface area contributed by atoms with E-state index in [2.05, 4.69) is 35.1 Å². The molecule has 0 saturated heterocycles. The second-order valence-corrected chi connectivity index (χ2v) is 6.79. The van der Waals surface area contributed by atoms with Crippen molar-refractivity contribution in [1.82, 2.24) is 5.32 Å². The Balaban J connectivity index is 2.48. The second-order valence-electron chi connectivity index (χ2n) is 5.93. The van der Waals surface area contributed by atoms with E-state index in [-0.39, 0.29) is 11.9 Å². The molecule has 0 aromatic heterocycles. The van der Waals surface area contributed by atoms with E-state index in [1.54, 1.807) is 0 Å². The van der Waals surface area contributed by atoms with Crippen molar-refractivity contribution < 1.29 is 4.79 Å². The summed E-state index contributed by atoms with van der Waals surface area (Å²) in [6.07, 6.45) is 2.46. The van der Waals surface area contributed by atoms with Crippen molar-refractivity contribution in [2.45, 2.75) is 46.1 Å². The monoisotopic (exact) mass is 354 g/mol. The third-order valence-electron chi connectivity index (χ3n) is 3.97. The zero-order valence-electron chi connectivity index (χ0n) is 13.2. The van der Waals surface area contributed by atoms with Crippen molar-refractivity contribution in [1.29, 1.82) is 0 Å². The molecule has 1 rings (SSSR count). The van der Waals surface area contributed by atoms with Crippen LogP contribution < -0.4 is 11.1 Å². The zero-order chi connectivity index (χ0) is 15.8. The summed E-state index contributed by atoms with van der Waals surface area (Å²) in [6.45, 7) is 7.10. The van der Waals surface area contributed by atoms with Gasteiger partial charge in [-0.1, -0.05) is 48.0 Å². The largest absolute Gasteiger partial charge is 0.350 e. The standard InChI is InChI=1S/C17H27BrN2O/c1-12(2)14(10-11-19)8-9-17(21)20-13(3)15-6-4-5-7-16(15)18/h4-7,12-14H,8-11,19H2,1-3H3,(H,20,21). The number of carbonyl (C=O) groups is 1. The number of benzene rings is 1. The molecule has 0 aliphatic rings. The van der Waals surface area contributed by atoms with Crippen LogP contribution in [0.4, 0.5) is 0 Å². The van der Waals surface area contributed by atoms with Gasteiger partial charge < -0.3 is 11.1 Å². The van der Waals surface area contributed by atoms with Crippen molar-refractivity contribution in [2.75, 3.05) is 6.54 Å². The Morgan fingerprint density at radius 3 is 2.48 bits per heavy atom. The van der Waals surface area contributed by atoms with E-state index in [9.17, 15) is 4.79 Å². The van der Waals surface area contributed by atoms with Gasteiger partial charge in [-0.2, -0.15) is 0 Å². The minimum absolute atomic E-state index is 0.0140. The molecular formula is C17H27BrN2O. The highest BCUT2D eigenvalue weighted by atomic mass is 79.9. The fourth-order valence-corrected chi connectivity index (χ4v) is 3.19. The van der Waals surface area contributed by atoms with Crippen molar-refractivity contribution in [3.63, 3.8) is 0 Å². The minimum Gasteiger partial charge on any atom is -0.350 e. The topological polar surface area (TPSA) is 55.1 Å². The lowest BCUT2D eigenvalue weighted by Gasteiger charge is -2.21. The number of carbonyl (C=O) groups excluding carboxylic acids is 1. The number of nitrogens with one attached hydrogen (secondary N) is 1. The van der Waals surface area contributed by atoms with Gasteiger partial charge in [-0.05, 0) is 49.8 Å². The Morgan fingerprint density at radius 1 is 1.24 bits per heavy atom. The molecule has 4 heteroatoms. The molecule has 0 saturated carbocycles. The number of hydrogen-bond acceptors (Lipinski definition) is 2. The number of nitrogens with two attached hydrogens (primary N) is 1. The highest BCUT2D eigenvalue weighted by Crippen LogP contribution is 2.24. The van der Waals surface area contributed by atoms with Crippen LogP contribution in [0, 0.1) is 11.8 Å². The highest BCUT2D eigenvalue weighted by Gasteiger charge is 2.16. The maximum Gasteiger partial charge on any atom is 0.220 e. The summed E-state index contributed by atoms with van der Waals surface area (Å²) in [5, 5.41) is 3.07. The molecule has 1 aromatic carbocycles. The van der Waals surface area contributed by atoms with E-state index < -0.39 is 0 Å². The maximum atomic E-state index is 12.1. The van der Waals surface area contributed by atoms with Gasteiger partial charge in [0, 0.05) is 10.9 Å². The lowest BCUT2D eigenvalue weighted by molar-refractivity contribution is -0.122. The smallest absolute Gasteiger partial charge is 0.220 e. The van der Waals surface area contributed by atoms with E-state index in [4.69, 9.17) is 5.73 Å². The molecule has 3 nitrogen and oxygen atoms in total. The first-order chi connectivity index (χ1) is 9.95.